The van der Waals surface area contributed by atoms with Gasteiger partial charge in [-0.05, 0) is 36.4 Å². The number of phenols is 1. The zero-order chi connectivity index (χ0) is 14.7. The number of aromatic hydroxyl groups is 1. The highest BCUT2D eigenvalue weighted by Gasteiger charge is 2.12. The quantitative estimate of drug-likeness (QED) is 0.911. The normalized spacial score (nSPS) is 10.2. The fourth-order valence-corrected chi connectivity index (χ4v) is 1.92. The van der Waals surface area contributed by atoms with Gasteiger partial charge in [-0.3, -0.25) is 4.79 Å². The van der Waals surface area contributed by atoms with Crippen LogP contribution in [0.4, 0.5) is 11.4 Å². The topological polar surface area (TPSA) is 52.6 Å². The van der Waals surface area contributed by atoms with Crippen LogP contribution >= 0.6 is 11.6 Å². The van der Waals surface area contributed by atoms with E-state index in [1.54, 1.807) is 6.07 Å². The number of carbonyl (C=O) groups is 1. The molecule has 2 N–H and O–H groups in total. The lowest BCUT2D eigenvalue weighted by Gasteiger charge is -2.14. The van der Waals surface area contributed by atoms with Crippen LogP contribution in [-0.4, -0.2) is 25.1 Å². The van der Waals surface area contributed by atoms with Gasteiger partial charge < -0.3 is 15.3 Å². The minimum Gasteiger partial charge on any atom is -0.507 e. The van der Waals surface area contributed by atoms with Crippen LogP contribution in [-0.2, 0) is 0 Å². The summed E-state index contributed by atoms with van der Waals surface area (Å²) >= 11 is 5.83. The largest absolute Gasteiger partial charge is 0.507 e. The van der Waals surface area contributed by atoms with Crippen molar-refractivity contribution in [2.45, 2.75) is 0 Å². The van der Waals surface area contributed by atoms with Gasteiger partial charge in [0.15, 0.2) is 0 Å². The Balaban J connectivity index is 2.23. The van der Waals surface area contributed by atoms with Gasteiger partial charge in [-0.25, -0.2) is 0 Å². The Kier molecular flexibility index (Phi) is 4.15. The van der Waals surface area contributed by atoms with Crippen molar-refractivity contribution in [3.63, 3.8) is 0 Å². The minimum absolute atomic E-state index is 0.101. The second-order valence-electron chi connectivity index (χ2n) is 4.56. The maximum atomic E-state index is 12.1. The van der Waals surface area contributed by atoms with Crippen molar-refractivity contribution < 1.29 is 9.90 Å². The zero-order valence-electron chi connectivity index (χ0n) is 11.2. The first-order valence-corrected chi connectivity index (χ1v) is 6.42. The summed E-state index contributed by atoms with van der Waals surface area (Å²) in [5.74, 6) is -0.503. The van der Waals surface area contributed by atoms with E-state index >= 15 is 0 Å². The molecule has 5 heteroatoms. The number of halogens is 1. The Morgan fingerprint density at radius 1 is 1.20 bits per heavy atom. The number of anilines is 2. The molecular weight excluding hydrogens is 276 g/mol. The first kappa shape index (κ1) is 14.2. The summed E-state index contributed by atoms with van der Waals surface area (Å²) in [4.78, 5) is 14.1. The second kappa shape index (κ2) is 5.84. The molecule has 0 saturated heterocycles. The fourth-order valence-electron chi connectivity index (χ4n) is 1.75. The molecule has 2 rings (SSSR count). The molecule has 0 aliphatic rings. The summed E-state index contributed by atoms with van der Waals surface area (Å²) < 4.78 is 0. The van der Waals surface area contributed by atoms with E-state index in [2.05, 4.69) is 5.32 Å². The lowest BCUT2D eigenvalue weighted by Crippen LogP contribution is -2.13. The summed E-state index contributed by atoms with van der Waals surface area (Å²) in [5.41, 5.74) is 1.77. The van der Waals surface area contributed by atoms with Gasteiger partial charge in [-0.15, -0.1) is 0 Å². The van der Waals surface area contributed by atoms with Gasteiger partial charge in [0.05, 0.1) is 5.56 Å². The van der Waals surface area contributed by atoms with Gasteiger partial charge in [0, 0.05) is 30.5 Å². The molecule has 0 aliphatic carbocycles. The molecule has 0 aliphatic heterocycles. The fraction of sp³-hybridized carbons (Fsp3) is 0.133. The molecule has 0 heterocycles. The smallest absolute Gasteiger partial charge is 0.259 e. The maximum Gasteiger partial charge on any atom is 0.259 e. The molecule has 1 amide bonds. The van der Waals surface area contributed by atoms with Crippen LogP contribution in [0.5, 0.6) is 5.75 Å². The number of benzene rings is 2. The number of hydrogen-bond acceptors (Lipinski definition) is 3. The van der Waals surface area contributed by atoms with Crippen molar-refractivity contribution in [1.29, 1.82) is 0 Å². The van der Waals surface area contributed by atoms with Crippen molar-refractivity contribution in [1.82, 2.24) is 0 Å². The summed E-state index contributed by atoms with van der Waals surface area (Å²) in [7, 11) is 3.84. The molecule has 2 aromatic carbocycles. The van der Waals surface area contributed by atoms with Gasteiger partial charge in [0.25, 0.3) is 5.91 Å². The van der Waals surface area contributed by atoms with E-state index in [-0.39, 0.29) is 11.3 Å². The molecule has 0 spiro atoms. The van der Waals surface area contributed by atoms with E-state index in [0.717, 1.165) is 5.69 Å². The molecule has 20 heavy (non-hydrogen) atoms. The SMILES string of the molecule is CN(C)c1cccc(NC(=O)c2cc(Cl)ccc2O)c1. The molecule has 4 nitrogen and oxygen atoms in total. The van der Waals surface area contributed by atoms with Crippen LogP contribution in [0, 0.1) is 0 Å². The molecule has 0 bridgehead atoms. The Labute approximate surface area is 122 Å². The van der Waals surface area contributed by atoms with Crippen LogP contribution in [0.25, 0.3) is 0 Å². The number of nitrogens with zero attached hydrogens (tertiary/aromatic N) is 1. The van der Waals surface area contributed by atoms with E-state index in [1.165, 1.54) is 18.2 Å². The molecule has 0 atom stereocenters. The molecule has 0 fully saturated rings. The molecule has 2 aromatic rings. The van der Waals surface area contributed by atoms with Crippen molar-refractivity contribution in [3.05, 3.63) is 53.1 Å². The third-order valence-electron chi connectivity index (χ3n) is 2.82. The predicted octanol–water partition coefficient (Wildman–Crippen LogP) is 3.36. The molecule has 0 radical (unpaired) electrons. The molecule has 0 aromatic heterocycles. The Hall–Kier alpha value is -2.20. The minimum atomic E-state index is -0.402. The maximum absolute atomic E-state index is 12.1. The van der Waals surface area contributed by atoms with E-state index in [1.807, 2.05) is 37.2 Å². The van der Waals surface area contributed by atoms with Gasteiger partial charge >= 0.3 is 0 Å². The standard InChI is InChI=1S/C15H15ClN2O2/c1-18(2)12-5-3-4-11(9-12)17-15(20)13-8-10(16)6-7-14(13)19/h3-9,19H,1-2H3,(H,17,20). The Morgan fingerprint density at radius 2 is 1.95 bits per heavy atom. The van der Waals surface area contributed by atoms with Crippen LogP contribution in [0.3, 0.4) is 0 Å². The number of rotatable bonds is 3. The molecule has 104 valence electrons. The monoisotopic (exact) mass is 290 g/mol. The highest BCUT2D eigenvalue weighted by Crippen LogP contribution is 2.23. The second-order valence-corrected chi connectivity index (χ2v) is 5.00. The van der Waals surface area contributed by atoms with E-state index in [0.29, 0.717) is 10.7 Å². The summed E-state index contributed by atoms with van der Waals surface area (Å²) in [6, 6.07) is 11.8. The summed E-state index contributed by atoms with van der Waals surface area (Å²) in [6.07, 6.45) is 0. The predicted molar refractivity (Wildman–Crippen MR) is 81.8 cm³/mol. The third kappa shape index (κ3) is 3.22. The first-order valence-electron chi connectivity index (χ1n) is 6.04. The van der Waals surface area contributed by atoms with Gasteiger partial charge in [0.2, 0.25) is 0 Å². The van der Waals surface area contributed by atoms with E-state index in [9.17, 15) is 9.90 Å². The third-order valence-corrected chi connectivity index (χ3v) is 3.06. The number of amides is 1. The van der Waals surface area contributed by atoms with Crippen molar-refractivity contribution in [2.24, 2.45) is 0 Å². The number of hydrogen-bond donors (Lipinski definition) is 2. The van der Waals surface area contributed by atoms with Crippen molar-refractivity contribution >= 4 is 28.9 Å². The zero-order valence-corrected chi connectivity index (χ0v) is 12.0. The molecule has 0 saturated carbocycles. The summed E-state index contributed by atoms with van der Waals surface area (Å²) in [5, 5.41) is 12.8. The Morgan fingerprint density at radius 3 is 2.65 bits per heavy atom. The van der Waals surface area contributed by atoms with Crippen LogP contribution in [0.2, 0.25) is 5.02 Å². The van der Waals surface area contributed by atoms with Crippen LogP contribution in [0.15, 0.2) is 42.5 Å². The Bertz CT molecular complexity index is 642. The highest BCUT2D eigenvalue weighted by molar-refractivity contribution is 6.31. The molecular formula is C15H15ClN2O2. The highest BCUT2D eigenvalue weighted by atomic mass is 35.5. The van der Waals surface area contributed by atoms with Crippen molar-refractivity contribution in [3.8, 4) is 5.75 Å². The van der Waals surface area contributed by atoms with Gasteiger partial charge in [-0.2, -0.15) is 0 Å². The van der Waals surface area contributed by atoms with Crippen molar-refractivity contribution in [2.75, 3.05) is 24.3 Å². The number of nitrogens with one attached hydrogen (secondary N) is 1. The van der Waals surface area contributed by atoms with Gasteiger partial charge in [0.1, 0.15) is 5.75 Å². The summed E-state index contributed by atoms with van der Waals surface area (Å²) in [6.45, 7) is 0. The average Bonchev–Trinajstić information content (AvgIpc) is 2.41. The number of phenolic OH excluding ortho intramolecular Hbond substituents is 1. The van der Waals surface area contributed by atoms with Gasteiger partial charge in [-0.1, -0.05) is 17.7 Å². The average molecular weight is 291 g/mol. The number of carbonyl (C=O) groups excluding carboxylic acids is 1. The van der Waals surface area contributed by atoms with E-state index < -0.39 is 5.91 Å². The first-order chi connectivity index (χ1) is 9.47. The van der Waals surface area contributed by atoms with E-state index in [4.69, 9.17) is 11.6 Å². The van der Waals surface area contributed by atoms with Crippen LogP contribution in [0.1, 0.15) is 10.4 Å². The molecule has 0 unspecified atom stereocenters. The van der Waals surface area contributed by atoms with Crippen LogP contribution < -0.4 is 10.2 Å². The lowest BCUT2D eigenvalue weighted by molar-refractivity contribution is 0.102. The lowest BCUT2D eigenvalue weighted by atomic mass is 10.2.